The predicted octanol–water partition coefficient (Wildman–Crippen LogP) is 4.62. The molecule has 0 spiro atoms. The van der Waals surface area contributed by atoms with Gasteiger partial charge in [-0.15, -0.1) is 10.2 Å². The highest BCUT2D eigenvalue weighted by Crippen LogP contribution is 2.32. The van der Waals surface area contributed by atoms with Crippen LogP contribution < -0.4 is 0 Å². The number of carboxylic acids is 1. The molecule has 144 valence electrons. The molecule has 1 atom stereocenters. The summed E-state index contributed by atoms with van der Waals surface area (Å²) in [5.74, 6) is 0.282. The fourth-order valence-electron chi connectivity index (χ4n) is 3.18. The maximum absolute atomic E-state index is 11.4. The molecule has 4 rings (SSSR count). The van der Waals surface area contributed by atoms with Gasteiger partial charge in [-0.3, -0.25) is 14.4 Å². The first kappa shape index (κ1) is 19.8. The fraction of sp³-hybridized carbons (Fsp3) is 0.238. The topological polar surface area (TPSA) is 80.4 Å². The average Bonchev–Trinajstić information content (AvgIpc) is 3.02. The Morgan fingerprint density at radius 1 is 1.11 bits per heavy atom. The highest BCUT2D eigenvalue weighted by molar-refractivity contribution is 6.30. The smallest absolute Gasteiger partial charge is 0.306 e. The van der Waals surface area contributed by atoms with Crippen molar-refractivity contribution < 1.29 is 9.90 Å². The monoisotopic (exact) mass is 396 g/mol. The van der Waals surface area contributed by atoms with Crippen LogP contribution in [0.15, 0.2) is 53.5 Å². The van der Waals surface area contributed by atoms with Crippen molar-refractivity contribution in [1.82, 2.24) is 14.8 Å². The Balaban J connectivity index is 0.00000109. The van der Waals surface area contributed by atoms with E-state index in [1.54, 1.807) is 12.1 Å². The number of carbonyl (C=O) groups is 1. The van der Waals surface area contributed by atoms with E-state index >= 15 is 0 Å². The standard InChI is InChI=1S/C19H15ClN4O2.C2H6/c1-11-22-23-19-15(10-17(25)26)21-18(12-6-8-13(20)9-7-12)14-4-2-3-5-16(14)24(11)19;1-2/h2-9,15H,10H2,1H3,(H,25,26);1-2H3. The average molecular weight is 397 g/mol. The van der Waals surface area contributed by atoms with Gasteiger partial charge in [-0.25, -0.2) is 0 Å². The van der Waals surface area contributed by atoms with Crippen LogP contribution in [0.25, 0.3) is 5.69 Å². The van der Waals surface area contributed by atoms with Crippen LogP contribution in [-0.2, 0) is 4.79 Å². The van der Waals surface area contributed by atoms with Crippen LogP contribution in [0.2, 0.25) is 5.02 Å². The predicted molar refractivity (Wildman–Crippen MR) is 110 cm³/mol. The molecular formula is C21H21ClN4O2. The third-order valence-electron chi connectivity index (χ3n) is 4.32. The van der Waals surface area contributed by atoms with Crippen LogP contribution in [0.1, 0.15) is 49.1 Å². The maximum Gasteiger partial charge on any atom is 0.306 e. The van der Waals surface area contributed by atoms with Crippen LogP contribution >= 0.6 is 11.6 Å². The third kappa shape index (κ3) is 3.68. The minimum Gasteiger partial charge on any atom is -0.481 e. The van der Waals surface area contributed by atoms with Crippen LogP contribution in [-0.4, -0.2) is 31.6 Å². The molecule has 0 amide bonds. The molecule has 6 nitrogen and oxygen atoms in total. The van der Waals surface area contributed by atoms with Gasteiger partial charge >= 0.3 is 5.97 Å². The summed E-state index contributed by atoms with van der Waals surface area (Å²) in [7, 11) is 0. The van der Waals surface area contributed by atoms with Gasteiger partial charge in [0.15, 0.2) is 5.82 Å². The highest BCUT2D eigenvalue weighted by Gasteiger charge is 2.29. The number of aromatic nitrogens is 3. The van der Waals surface area contributed by atoms with Crippen LogP contribution in [0.3, 0.4) is 0 Å². The number of aryl methyl sites for hydroxylation is 1. The largest absolute Gasteiger partial charge is 0.481 e. The Morgan fingerprint density at radius 2 is 1.79 bits per heavy atom. The van der Waals surface area contributed by atoms with E-state index in [-0.39, 0.29) is 6.42 Å². The summed E-state index contributed by atoms with van der Waals surface area (Å²) >= 11 is 6.02. The maximum atomic E-state index is 11.4. The molecule has 1 aromatic heterocycles. The number of benzene rings is 2. The quantitative estimate of drug-likeness (QED) is 0.700. The molecule has 3 aromatic rings. The Kier molecular flexibility index (Phi) is 5.90. The Hall–Kier alpha value is -2.99. The molecule has 1 aliphatic heterocycles. The molecule has 1 N–H and O–H groups in total. The van der Waals surface area contributed by atoms with Gasteiger partial charge in [-0.05, 0) is 25.1 Å². The van der Waals surface area contributed by atoms with Gasteiger partial charge in [-0.2, -0.15) is 0 Å². The number of aliphatic imine (C=N–C) groups is 1. The molecule has 1 unspecified atom stereocenters. The zero-order valence-electron chi connectivity index (χ0n) is 15.9. The van der Waals surface area contributed by atoms with Crippen molar-refractivity contribution in [3.05, 3.63) is 76.3 Å². The molecule has 0 saturated carbocycles. The number of aliphatic carboxylic acids is 1. The van der Waals surface area contributed by atoms with Crippen molar-refractivity contribution in [2.75, 3.05) is 0 Å². The molecule has 7 heteroatoms. The Morgan fingerprint density at radius 3 is 2.46 bits per heavy atom. The summed E-state index contributed by atoms with van der Waals surface area (Å²) < 4.78 is 1.88. The van der Waals surface area contributed by atoms with Gasteiger partial charge < -0.3 is 5.11 Å². The lowest BCUT2D eigenvalue weighted by atomic mass is 10.0. The summed E-state index contributed by atoms with van der Waals surface area (Å²) in [4.78, 5) is 16.2. The van der Waals surface area contributed by atoms with E-state index in [9.17, 15) is 9.90 Å². The number of carboxylic acid groups (broad SMARTS) is 1. The zero-order valence-corrected chi connectivity index (χ0v) is 16.7. The van der Waals surface area contributed by atoms with Crippen molar-refractivity contribution in [3.63, 3.8) is 0 Å². The molecule has 0 bridgehead atoms. The third-order valence-corrected chi connectivity index (χ3v) is 4.57. The lowest BCUT2D eigenvalue weighted by Crippen LogP contribution is -2.10. The molecule has 0 saturated heterocycles. The Bertz CT molecular complexity index is 1030. The number of para-hydroxylation sites is 1. The van der Waals surface area contributed by atoms with Gasteiger partial charge in [0.05, 0.1) is 17.8 Å². The van der Waals surface area contributed by atoms with Gasteiger partial charge in [0.25, 0.3) is 0 Å². The molecule has 28 heavy (non-hydrogen) atoms. The summed E-state index contributed by atoms with van der Waals surface area (Å²) in [6.07, 6.45) is -0.163. The van der Waals surface area contributed by atoms with Gasteiger partial charge in [0.2, 0.25) is 0 Å². The van der Waals surface area contributed by atoms with Crippen molar-refractivity contribution in [1.29, 1.82) is 0 Å². The van der Waals surface area contributed by atoms with E-state index in [0.29, 0.717) is 22.4 Å². The number of fused-ring (bicyclic) bond motifs is 3. The minimum atomic E-state index is -0.938. The highest BCUT2D eigenvalue weighted by atomic mass is 35.5. The van der Waals surface area contributed by atoms with E-state index in [4.69, 9.17) is 16.6 Å². The van der Waals surface area contributed by atoms with E-state index < -0.39 is 12.0 Å². The first-order chi connectivity index (χ1) is 13.5. The van der Waals surface area contributed by atoms with Crippen molar-refractivity contribution >= 4 is 23.3 Å². The SMILES string of the molecule is CC.Cc1nnc2n1-c1ccccc1C(c1ccc(Cl)cc1)=NC2CC(=O)O. The lowest BCUT2D eigenvalue weighted by molar-refractivity contribution is -0.137. The lowest BCUT2D eigenvalue weighted by Gasteiger charge is -2.12. The van der Waals surface area contributed by atoms with Crippen LogP contribution in [0.4, 0.5) is 0 Å². The molecule has 1 aliphatic rings. The second kappa shape index (κ2) is 8.35. The van der Waals surface area contributed by atoms with Gasteiger partial charge in [0.1, 0.15) is 11.9 Å². The molecule has 0 fully saturated rings. The van der Waals surface area contributed by atoms with Crippen molar-refractivity contribution in [2.24, 2.45) is 4.99 Å². The first-order valence-electron chi connectivity index (χ1n) is 9.12. The number of nitrogens with zero attached hydrogens (tertiary/aromatic N) is 4. The van der Waals surface area contributed by atoms with E-state index in [0.717, 1.165) is 16.8 Å². The number of rotatable bonds is 3. The molecule has 0 aliphatic carbocycles. The van der Waals surface area contributed by atoms with E-state index in [2.05, 4.69) is 10.2 Å². The number of hydrogen-bond donors (Lipinski definition) is 1. The van der Waals surface area contributed by atoms with Gasteiger partial charge in [0, 0.05) is 16.1 Å². The van der Waals surface area contributed by atoms with Crippen LogP contribution in [0.5, 0.6) is 0 Å². The zero-order chi connectivity index (χ0) is 20.3. The Labute approximate surface area is 168 Å². The fourth-order valence-corrected chi connectivity index (χ4v) is 3.31. The number of hydrogen-bond acceptors (Lipinski definition) is 4. The molecule has 0 radical (unpaired) electrons. The van der Waals surface area contributed by atoms with E-state index in [1.807, 2.05) is 61.7 Å². The van der Waals surface area contributed by atoms with Crippen molar-refractivity contribution in [3.8, 4) is 5.69 Å². The second-order valence-electron chi connectivity index (χ2n) is 6.06. The summed E-state index contributed by atoms with van der Waals surface area (Å²) in [5, 5.41) is 18.3. The molecular weight excluding hydrogens is 376 g/mol. The van der Waals surface area contributed by atoms with Crippen molar-refractivity contribution in [2.45, 2.75) is 33.2 Å². The van der Waals surface area contributed by atoms with Gasteiger partial charge in [-0.1, -0.05) is 55.8 Å². The van der Waals surface area contributed by atoms with Crippen LogP contribution in [0, 0.1) is 6.92 Å². The summed E-state index contributed by atoms with van der Waals surface area (Å²) in [6.45, 7) is 5.85. The van der Waals surface area contributed by atoms with E-state index in [1.165, 1.54) is 0 Å². The first-order valence-corrected chi connectivity index (χ1v) is 9.49. The minimum absolute atomic E-state index is 0.163. The number of halogens is 1. The summed E-state index contributed by atoms with van der Waals surface area (Å²) in [5.41, 5.74) is 3.36. The normalized spacial score (nSPS) is 14.7. The summed E-state index contributed by atoms with van der Waals surface area (Å²) in [6, 6.07) is 14.5. The second-order valence-corrected chi connectivity index (χ2v) is 6.49. The molecule has 2 aromatic carbocycles. The molecule has 2 heterocycles.